The molecule has 3 heterocycles. The van der Waals surface area contributed by atoms with E-state index in [2.05, 4.69) is 15.4 Å². The Morgan fingerprint density at radius 1 is 1.31 bits per heavy atom. The number of ether oxygens (including phenoxy) is 1. The van der Waals surface area contributed by atoms with Crippen LogP contribution in [0.1, 0.15) is 18.5 Å². The summed E-state index contributed by atoms with van der Waals surface area (Å²) < 4.78 is 20.4. The molecule has 0 aliphatic carbocycles. The fraction of sp³-hybridized carbons (Fsp3) is 0.381. The summed E-state index contributed by atoms with van der Waals surface area (Å²) >= 11 is 1.48. The van der Waals surface area contributed by atoms with Gasteiger partial charge in [-0.1, -0.05) is 0 Å². The molecule has 1 aromatic carbocycles. The van der Waals surface area contributed by atoms with Crippen LogP contribution >= 0.6 is 11.3 Å². The van der Waals surface area contributed by atoms with Crippen molar-refractivity contribution in [2.24, 2.45) is 13.0 Å². The average Bonchev–Trinajstić information content (AvgIpc) is 3.34. The van der Waals surface area contributed by atoms with Gasteiger partial charge in [0.25, 0.3) is 0 Å². The number of nitrogens with zero attached hydrogens (tertiary/aromatic N) is 3. The molecule has 0 spiro atoms. The summed E-state index contributed by atoms with van der Waals surface area (Å²) in [4.78, 5) is 16.9. The second kappa shape index (κ2) is 8.84. The van der Waals surface area contributed by atoms with Crippen molar-refractivity contribution in [3.63, 3.8) is 0 Å². The van der Waals surface area contributed by atoms with Crippen LogP contribution in [0, 0.1) is 11.7 Å². The van der Waals surface area contributed by atoms with E-state index in [9.17, 15) is 9.18 Å². The molecule has 2 aromatic heterocycles. The molecule has 152 valence electrons. The Labute approximate surface area is 172 Å². The molecule has 1 fully saturated rings. The Morgan fingerprint density at radius 2 is 2.07 bits per heavy atom. The Kier molecular flexibility index (Phi) is 6.01. The van der Waals surface area contributed by atoms with Gasteiger partial charge in [0.1, 0.15) is 10.8 Å². The maximum absolute atomic E-state index is 13.3. The first-order valence-electron chi connectivity index (χ1n) is 9.67. The lowest BCUT2D eigenvalue weighted by molar-refractivity contribution is -0.120. The minimum Gasteiger partial charge on any atom is -0.381 e. The van der Waals surface area contributed by atoms with Gasteiger partial charge >= 0.3 is 0 Å². The number of nitrogens with one attached hydrogen (secondary N) is 1. The smallest absolute Gasteiger partial charge is 0.226 e. The van der Waals surface area contributed by atoms with Crippen molar-refractivity contribution < 1.29 is 13.9 Å². The van der Waals surface area contributed by atoms with Gasteiger partial charge < -0.3 is 10.1 Å². The highest BCUT2D eigenvalue weighted by Crippen LogP contribution is 2.33. The molecule has 8 heteroatoms. The Morgan fingerprint density at radius 3 is 2.83 bits per heavy atom. The van der Waals surface area contributed by atoms with Crippen molar-refractivity contribution in [1.82, 2.24) is 20.1 Å². The highest BCUT2D eigenvalue weighted by atomic mass is 32.1. The van der Waals surface area contributed by atoms with Crippen molar-refractivity contribution in [1.29, 1.82) is 0 Å². The summed E-state index contributed by atoms with van der Waals surface area (Å²) in [5.74, 6) is 0.200. The third-order valence-electron chi connectivity index (χ3n) is 5.11. The first-order valence-corrected chi connectivity index (χ1v) is 10.6. The molecule has 0 radical (unpaired) electrons. The van der Waals surface area contributed by atoms with Gasteiger partial charge in [0, 0.05) is 37.7 Å². The topological polar surface area (TPSA) is 69.0 Å². The number of hydrogen-bond acceptors (Lipinski definition) is 5. The van der Waals surface area contributed by atoms with Gasteiger partial charge in [-0.15, -0.1) is 11.3 Å². The van der Waals surface area contributed by atoms with Gasteiger partial charge in [0.15, 0.2) is 0 Å². The van der Waals surface area contributed by atoms with Crippen LogP contribution in [0.2, 0.25) is 0 Å². The van der Waals surface area contributed by atoms with Crippen LogP contribution in [-0.2, 0) is 23.0 Å². The van der Waals surface area contributed by atoms with Gasteiger partial charge in [0.2, 0.25) is 5.91 Å². The number of carbonyl (C=O) groups excluding carboxylic acids is 1. The summed E-state index contributed by atoms with van der Waals surface area (Å²) in [5.41, 5.74) is 3.35. The van der Waals surface area contributed by atoms with E-state index in [4.69, 9.17) is 4.74 Å². The molecule has 6 nitrogen and oxygen atoms in total. The Hall–Kier alpha value is -2.58. The molecule has 1 N–H and O–H groups in total. The molecule has 1 amide bonds. The van der Waals surface area contributed by atoms with Gasteiger partial charge in [-0.05, 0) is 43.0 Å². The van der Waals surface area contributed by atoms with Gasteiger partial charge in [0.05, 0.1) is 29.6 Å². The van der Waals surface area contributed by atoms with Crippen LogP contribution in [-0.4, -0.2) is 40.4 Å². The number of thiazole rings is 1. The first kappa shape index (κ1) is 19.7. The standard InChI is InChI=1S/C21H23FN4O2S/c1-26-20(15-2-4-16(22)5-3-15)18(12-24-26)21-25-17(13-29-21)10-19(27)23-11-14-6-8-28-9-7-14/h2-5,12-14H,6-11H2,1H3,(H,23,27). The highest BCUT2D eigenvalue weighted by molar-refractivity contribution is 7.13. The summed E-state index contributed by atoms with van der Waals surface area (Å²) in [7, 11) is 1.85. The monoisotopic (exact) mass is 414 g/mol. The van der Waals surface area contributed by atoms with E-state index in [1.54, 1.807) is 23.0 Å². The molecular weight excluding hydrogens is 391 g/mol. The predicted molar refractivity (Wildman–Crippen MR) is 110 cm³/mol. The number of hydrogen-bond donors (Lipinski definition) is 1. The molecular formula is C21H23FN4O2S. The van der Waals surface area contributed by atoms with E-state index >= 15 is 0 Å². The van der Waals surface area contributed by atoms with Crippen molar-refractivity contribution in [3.05, 3.63) is 47.4 Å². The molecule has 0 bridgehead atoms. The van der Waals surface area contributed by atoms with Crippen LogP contribution < -0.4 is 5.32 Å². The number of aryl methyl sites for hydroxylation is 1. The molecule has 0 unspecified atom stereocenters. The van der Waals surface area contributed by atoms with Crippen LogP contribution in [0.3, 0.4) is 0 Å². The molecule has 0 atom stereocenters. The van der Waals surface area contributed by atoms with E-state index in [1.807, 2.05) is 12.4 Å². The number of amides is 1. The van der Waals surface area contributed by atoms with Crippen LogP contribution in [0.4, 0.5) is 4.39 Å². The van der Waals surface area contributed by atoms with Crippen molar-refractivity contribution in [2.75, 3.05) is 19.8 Å². The quantitative estimate of drug-likeness (QED) is 0.671. The summed E-state index contributed by atoms with van der Waals surface area (Å²) in [6, 6.07) is 6.33. The van der Waals surface area contributed by atoms with Crippen molar-refractivity contribution in [2.45, 2.75) is 19.3 Å². The molecule has 4 rings (SSSR count). The number of carbonyl (C=O) groups is 1. The minimum atomic E-state index is -0.277. The summed E-state index contributed by atoms with van der Waals surface area (Å²) in [6.45, 7) is 2.24. The maximum atomic E-state index is 13.3. The van der Waals surface area contributed by atoms with Gasteiger partial charge in [-0.25, -0.2) is 9.37 Å². The lowest BCUT2D eigenvalue weighted by Crippen LogP contribution is -2.33. The zero-order valence-electron chi connectivity index (χ0n) is 16.2. The predicted octanol–water partition coefficient (Wildman–Crippen LogP) is 3.44. The largest absolute Gasteiger partial charge is 0.381 e. The highest BCUT2D eigenvalue weighted by Gasteiger charge is 2.18. The fourth-order valence-electron chi connectivity index (χ4n) is 3.49. The molecule has 1 aliphatic rings. The lowest BCUT2D eigenvalue weighted by Gasteiger charge is -2.22. The van der Waals surface area contributed by atoms with Crippen molar-refractivity contribution >= 4 is 17.2 Å². The SMILES string of the molecule is Cn1ncc(-c2nc(CC(=O)NCC3CCOCC3)cs2)c1-c1ccc(F)cc1. The number of halogens is 1. The normalized spacial score (nSPS) is 14.8. The second-order valence-corrected chi connectivity index (χ2v) is 8.08. The third-order valence-corrected chi connectivity index (χ3v) is 6.03. The summed E-state index contributed by atoms with van der Waals surface area (Å²) in [6.07, 6.45) is 4.00. The van der Waals surface area contributed by atoms with Gasteiger partial charge in [-0.3, -0.25) is 9.48 Å². The third kappa shape index (κ3) is 4.71. The summed E-state index contributed by atoms with van der Waals surface area (Å²) in [5, 5.41) is 10.1. The lowest BCUT2D eigenvalue weighted by atomic mass is 10.0. The molecule has 3 aromatic rings. The zero-order chi connectivity index (χ0) is 20.2. The molecule has 1 saturated heterocycles. The van der Waals surface area contributed by atoms with E-state index in [-0.39, 0.29) is 18.1 Å². The first-order chi connectivity index (χ1) is 14.1. The maximum Gasteiger partial charge on any atom is 0.226 e. The number of aromatic nitrogens is 3. The molecule has 0 saturated carbocycles. The van der Waals surface area contributed by atoms with Gasteiger partial charge in [-0.2, -0.15) is 5.10 Å². The zero-order valence-corrected chi connectivity index (χ0v) is 17.0. The number of rotatable bonds is 6. The van der Waals surface area contributed by atoms with Crippen LogP contribution in [0.25, 0.3) is 21.8 Å². The second-order valence-electron chi connectivity index (χ2n) is 7.22. The number of benzene rings is 1. The minimum absolute atomic E-state index is 0.0155. The molecule has 29 heavy (non-hydrogen) atoms. The van der Waals surface area contributed by atoms with E-state index in [0.717, 1.165) is 53.6 Å². The van der Waals surface area contributed by atoms with E-state index in [1.165, 1.54) is 23.5 Å². The van der Waals surface area contributed by atoms with Crippen molar-refractivity contribution in [3.8, 4) is 21.8 Å². The Bertz CT molecular complexity index is 977. The Balaban J connectivity index is 1.44. The fourth-order valence-corrected chi connectivity index (χ4v) is 4.32. The van der Waals surface area contributed by atoms with E-state index < -0.39 is 0 Å². The molecule has 1 aliphatic heterocycles. The van der Waals surface area contributed by atoms with Crippen LogP contribution in [0.5, 0.6) is 0 Å². The van der Waals surface area contributed by atoms with E-state index in [0.29, 0.717) is 12.5 Å². The van der Waals surface area contributed by atoms with Crippen LogP contribution in [0.15, 0.2) is 35.8 Å². The average molecular weight is 415 g/mol.